The van der Waals surface area contributed by atoms with Crippen molar-refractivity contribution in [1.82, 2.24) is 0 Å². The van der Waals surface area contributed by atoms with Gasteiger partial charge in [0.25, 0.3) is 5.91 Å². The van der Waals surface area contributed by atoms with Crippen LogP contribution < -0.4 is 11.1 Å². The molecule has 0 fully saturated rings. The van der Waals surface area contributed by atoms with E-state index in [9.17, 15) is 9.18 Å². The average Bonchev–Trinajstić information content (AvgIpc) is 2.37. The van der Waals surface area contributed by atoms with Crippen molar-refractivity contribution in [2.45, 2.75) is 13.8 Å². The quantitative estimate of drug-likeness (QED) is 0.855. The number of thiocarbonyl (C=S) groups is 1. The summed E-state index contributed by atoms with van der Waals surface area (Å²) in [6.07, 6.45) is 0. The summed E-state index contributed by atoms with van der Waals surface area (Å²) in [7, 11) is 0. The van der Waals surface area contributed by atoms with E-state index in [0.29, 0.717) is 5.56 Å². The first-order valence-electron chi connectivity index (χ1n) is 6.37. The van der Waals surface area contributed by atoms with Crippen molar-refractivity contribution in [3.63, 3.8) is 0 Å². The van der Waals surface area contributed by atoms with Crippen LogP contribution in [0.4, 0.5) is 10.1 Å². The molecule has 0 aromatic heterocycles. The first-order chi connectivity index (χ1) is 9.90. The van der Waals surface area contributed by atoms with E-state index in [1.165, 1.54) is 12.1 Å². The summed E-state index contributed by atoms with van der Waals surface area (Å²) in [5.74, 6) is -0.878. The molecule has 2 rings (SSSR count). The topological polar surface area (TPSA) is 55.1 Å². The highest BCUT2D eigenvalue weighted by atomic mass is 32.1. The number of nitrogens with two attached hydrogens (primary N) is 1. The van der Waals surface area contributed by atoms with Gasteiger partial charge in [0.2, 0.25) is 0 Å². The van der Waals surface area contributed by atoms with Gasteiger partial charge in [0.15, 0.2) is 0 Å². The summed E-state index contributed by atoms with van der Waals surface area (Å²) < 4.78 is 13.8. The number of aryl methyl sites for hydroxylation is 2. The third-order valence-electron chi connectivity index (χ3n) is 3.13. The third-order valence-corrected chi connectivity index (χ3v) is 3.34. The van der Waals surface area contributed by atoms with E-state index in [2.05, 4.69) is 5.32 Å². The molecule has 3 N–H and O–H groups in total. The lowest BCUT2D eigenvalue weighted by molar-refractivity contribution is 0.102. The Hall–Kier alpha value is -2.27. The number of carbonyl (C=O) groups is 1. The second-order valence-electron chi connectivity index (χ2n) is 4.80. The highest BCUT2D eigenvalue weighted by molar-refractivity contribution is 7.80. The fraction of sp³-hybridized carbons (Fsp3) is 0.125. The molecule has 3 nitrogen and oxygen atoms in total. The smallest absolute Gasteiger partial charge is 0.255 e. The number of rotatable bonds is 3. The molecule has 0 bridgehead atoms. The summed E-state index contributed by atoms with van der Waals surface area (Å²) in [4.78, 5) is 12.2. The van der Waals surface area contributed by atoms with Crippen molar-refractivity contribution in [3.8, 4) is 0 Å². The van der Waals surface area contributed by atoms with Crippen LogP contribution in [-0.2, 0) is 0 Å². The van der Waals surface area contributed by atoms with Crippen LogP contribution in [0.25, 0.3) is 0 Å². The molecule has 0 aliphatic heterocycles. The maximum absolute atomic E-state index is 13.8. The molecule has 0 atom stereocenters. The second kappa shape index (κ2) is 6.01. The SMILES string of the molecule is Cc1ccc(C(=O)Nc2cccc(F)c2C(N)=S)c(C)c1. The maximum atomic E-state index is 13.8. The Morgan fingerprint density at radius 2 is 1.95 bits per heavy atom. The Morgan fingerprint density at radius 1 is 1.24 bits per heavy atom. The molecule has 0 aliphatic carbocycles. The summed E-state index contributed by atoms with van der Waals surface area (Å²) in [6.45, 7) is 3.80. The highest BCUT2D eigenvalue weighted by Crippen LogP contribution is 2.20. The number of nitrogens with one attached hydrogen (secondary N) is 1. The minimum absolute atomic E-state index is 0.0469. The Morgan fingerprint density at radius 3 is 2.57 bits per heavy atom. The summed E-state index contributed by atoms with van der Waals surface area (Å²) in [5, 5.41) is 2.66. The van der Waals surface area contributed by atoms with Gasteiger partial charge in [-0.3, -0.25) is 4.79 Å². The molecule has 0 spiro atoms. The van der Waals surface area contributed by atoms with E-state index < -0.39 is 5.82 Å². The lowest BCUT2D eigenvalue weighted by Gasteiger charge is -2.12. The van der Waals surface area contributed by atoms with E-state index in [1.807, 2.05) is 26.0 Å². The van der Waals surface area contributed by atoms with E-state index in [1.54, 1.807) is 12.1 Å². The van der Waals surface area contributed by atoms with Crippen LogP contribution in [0, 0.1) is 19.7 Å². The minimum atomic E-state index is -0.555. The van der Waals surface area contributed by atoms with Crippen molar-refractivity contribution in [2.24, 2.45) is 5.73 Å². The van der Waals surface area contributed by atoms with Gasteiger partial charge >= 0.3 is 0 Å². The van der Waals surface area contributed by atoms with Crippen LogP contribution in [0.5, 0.6) is 0 Å². The van der Waals surface area contributed by atoms with Gasteiger partial charge in [-0.1, -0.05) is 36.0 Å². The lowest BCUT2D eigenvalue weighted by atomic mass is 10.0. The average molecular weight is 302 g/mol. The van der Waals surface area contributed by atoms with Gasteiger partial charge < -0.3 is 11.1 Å². The van der Waals surface area contributed by atoms with Crippen molar-refractivity contribution in [1.29, 1.82) is 0 Å². The standard InChI is InChI=1S/C16H15FN2OS/c1-9-6-7-11(10(2)8-9)16(20)19-13-5-3-4-12(17)14(13)15(18)21/h3-8H,1-2H3,(H2,18,21)(H,19,20). The van der Waals surface area contributed by atoms with E-state index >= 15 is 0 Å². The zero-order chi connectivity index (χ0) is 15.6. The Labute approximate surface area is 128 Å². The number of hydrogen-bond acceptors (Lipinski definition) is 2. The van der Waals surface area contributed by atoms with Gasteiger partial charge in [0.05, 0.1) is 11.3 Å². The zero-order valence-corrected chi connectivity index (χ0v) is 12.6. The van der Waals surface area contributed by atoms with Crippen LogP contribution in [0.2, 0.25) is 0 Å². The zero-order valence-electron chi connectivity index (χ0n) is 11.7. The number of anilines is 1. The number of halogens is 1. The minimum Gasteiger partial charge on any atom is -0.389 e. The molecule has 0 saturated carbocycles. The number of amides is 1. The Balaban J connectivity index is 2.36. The summed E-state index contributed by atoms with van der Waals surface area (Å²) in [5.41, 5.74) is 8.28. The first-order valence-corrected chi connectivity index (χ1v) is 6.78. The van der Waals surface area contributed by atoms with E-state index in [-0.39, 0.29) is 22.1 Å². The second-order valence-corrected chi connectivity index (χ2v) is 5.24. The summed E-state index contributed by atoms with van der Waals surface area (Å²) >= 11 is 4.84. The largest absolute Gasteiger partial charge is 0.389 e. The van der Waals surface area contributed by atoms with Gasteiger partial charge in [0.1, 0.15) is 10.8 Å². The molecule has 21 heavy (non-hydrogen) atoms. The van der Waals surface area contributed by atoms with Crippen molar-refractivity contribution in [2.75, 3.05) is 5.32 Å². The highest BCUT2D eigenvalue weighted by Gasteiger charge is 2.15. The predicted molar refractivity (Wildman–Crippen MR) is 86.2 cm³/mol. The van der Waals surface area contributed by atoms with Crippen LogP contribution in [0.15, 0.2) is 36.4 Å². The van der Waals surface area contributed by atoms with Gasteiger partial charge in [-0.2, -0.15) is 0 Å². The van der Waals surface area contributed by atoms with Crippen molar-refractivity contribution >= 4 is 28.8 Å². The third kappa shape index (κ3) is 3.25. The van der Waals surface area contributed by atoms with E-state index in [0.717, 1.165) is 11.1 Å². The molecule has 2 aromatic rings. The fourth-order valence-corrected chi connectivity index (χ4v) is 2.34. The van der Waals surface area contributed by atoms with Gasteiger partial charge in [-0.05, 0) is 37.6 Å². The van der Waals surface area contributed by atoms with Crippen LogP contribution in [0.3, 0.4) is 0 Å². The number of carbonyl (C=O) groups excluding carboxylic acids is 1. The molecule has 0 aliphatic rings. The molecule has 1 amide bonds. The van der Waals surface area contributed by atoms with Crippen LogP contribution in [0.1, 0.15) is 27.0 Å². The molecule has 5 heteroatoms. The van der Waals surface area contributed by atoms with Crippen molar-refractivity contribution in [3.05, 3.63) is 64.5 Å². The first kappa shape index (κ1) is 15.1. The van der Waals surface area contributed by atoms with Crippen molar-refractivity contribution < 1.29 is 9.18 Å². The number of benzene rings is 2. The summed E-state index contributed by atoms with van der Waals surface area (Å²) in [6, 6.07) is 9.81. The maximum Gasteiger partial charge on any atom is 0.255 e. The molecule has 0 unspecified atom stereocenters. The van der Waals surface area contributed by atoms with Gasteiger partial charge in [-0.25, -0.2) is 4.39 Å². The molecule has 108 valence electrons. The molecular formula is C16H15FN2OS. The molecule has 2 aromatic carbocycles. The molecule has 0 radical (unpaired) electrons. The Bertz CT molecular complexity index is 728. The Kier molecular flexibility index (Phi) is 4.33. The molecular weight excluding hydrogens is 287 g/mol. The van der Waals surface area contributed by atoms with E-state index in [4.69, 9.17) is 18.0 Å². The normalized spacial score (nSPS) is 10.2. The van der Waals surface area contributed by atoms with Crippen LogP contribution >= 0.6 is 12.2 Å². The van der Waals surface area contributed by atoms with Gasteiger partial charge in [-0.15, -0.1) is 0 Å². The fourth-order valence-electron chi connectivity index (χ4n) is 2.14. The molecule has 0 heterocycles. The van der Waals surface area contributed by atoms with Crippen LogP contribution in [-0.4, -0.2) is 10.9 Å². The molecule has 0 saturated heterocycles. The van der Waals surface area contributed by atoms with Gasteiger partial charge in [0, 0.05) is 5.56 Å². The monoisotopic (exact) mass is 302 g/mol. The predicted octanol–water partition coefficient (Wildman–Crippen LogP) is 3.33. The number of hydrogen-bond donors (Lipinski definition) is 2. The lowest BCUT2D eigenvalue weighted by Crippen LogP contribution is -2.19.